The smallest absolute Gasteiger partial charge is 0.167 e. The Balaban J connectivity index is 1.71. The van der Waals surface area contributed by atoms with E-state index in [1.165, 1.54) is 24.3 Å². The van der Waals surface area contributed by atoms with E-state index in [4.69, 9.17) is 0 Å². The third-order valence-electron chi connectivity index (χ3n) is 4.28. The van der Waals surface area contributed by atoms with Gasteiger partial charge in [-0.15, -0.1) is 11.8 Å². The van der Waals surface area contributed by atoms with Crippen molar-refractivity contribution in [1.82, 2.24) is 0 Å². The Labute approximate surface area is 162 Å². The van der Waals surface area contributed by atoms with Crippen LogP contribution in [-0.4, -0.2) is 17.8 Å². The number of Topliss-reactive ketones (excluding diaryl/α,β-unsaturated/α-hetero) is 2. The first kappa shape index (κ1) is 19.1. The van der Waals surface area contributed by atoms with Crippen LogP contribution in [0.2, 0.25) is 0 Å². The third kappa shape index (κ3) is 5.14. The summed E-state index contributed by atoms with van der Waals surface area (Å²) >= 11 is 1.64. The van der Waals surface area contributed by atoms with E-state index >= 15 is 0 Å². The summed E-state index contributed by atoms with van der Waals surface area (Å²) in [6.07, 6.45) is 2.50. The van der Waals surface area contributed by atoms with Crippen LogP contribution >= 0.6 is 11.8 Å². The summed E-state index contributed by atoms with van der Waals surface area (Å²) in [4.78, 5) is 26.1. The van der Waals surface area contributed by atoms with E-state index in [-0.39, 0.29) is 23.8 Å². The zero-order valence-electron chi connectivity index (χ0n) is 14.9. The maximum atomic E-state index is 13.0. The summed E-state index contributed by atoms with van der Waals surface area (Å²) in [5.41, 5.74) is 2.80. The predicted octanol–water partition coefficient (Wildman–Crippen LogP) is 5.40. The van der Waals surface area contributed by atoms with Crippen molar-refractivity contribution < 1.29 is 14.0 Å². The van der Waals surface area contributed by atoms with Crippen LogP contribution in [0.25, 0.3) is 0 Å². The Morgan fingerprint density at radius 2 is 1.37 bits per heavy atom. The van der Waals surface area contributed by atoms with Crippen molar-refractivity contribution in [2.45, 2.75) is 17.7 Å². The first-order valence-corrected chi connectivity index (χ1v) is 9.81. The lowest BCUT2D eigenvalue weighted by Gasteiger charge is -2.06. The standard InChI is InChI=1S/C23H19FO2S/c1-27-21-7-3-5-17(13-21)15-23(26)19-6-2-4-16(12-19)14-22(25)18-8-10-20(24)11-9-18/h2-13H,14-15H2,1H3. The lowest BCUT2D eigenvalue weighted by atomic mass is 9.98. The summed E-state index contributed by atoms with van der Waals surface area (Å²) in [6.45, 7) is 0. The molecule has 27 heavy (non-hydrogen) atoms. The van der Waals surface area contributed by atoms with E-state index < -0.39 is 0 Å². The van der Waals surface area contributed by atoms with Crippen LogP contribution in [0, 0.1) is 5.82 Å². The van der Waals surface area contributed by atoms with Gasteiger partial charge in [-0.1, -0.05) is 30.3 Å². The van der Waals surface area contributed by atoms with Crippen LogP contribution in [-0.2, 0) is 12.8 Å². The Hall–Kier alpha value is -2.72. The number of halogens is 1. The number of ketones is 2. The number of carbonyl (C=O) groups excluding carboxylic acids is 2. The molecule has 0 radical (unpaired) electrons. The molecule has 0 aliphatic heterocycles. The van der Waals surface area contributed by atoms with Gasteiger partial charge < -0.3 is 0 Å². The molecule has 0 bridgehead atoms. The number of benzene rings is 3. The van der Waals surface area contributed by atoms with Gasteiger partial charge in [0.05, 0.1) is 0 Å². The van der Waals surface area contributed by atoms with Crippen molar-refractivity contribution in [3.05, 3.63) is 101 Å². The second-order valence-electron chi connectivity index (χ2n) is 6.26. The van der Waals surface area contributed by atoms with Gasteiger partial charge >= 0.3 is 0 Å². The van der Waals surface area contributed by atoms with Gasteiger partial charge in [0.1, 0.15) is 5.82 Å². The van der Waals surface area contributed by atoms with Crippen LogP contribution in [0.15, 0.2) is 77.7 Å². The minimum Gasteiger partial charge on any atom is -0.294 e. The molecule has 3 aromatic rings. The molecule has 0 N–H and O–H groups in total. The molecule has 0 fully saturated rings. The first-order valence-electron chi connectivity index (χ1n) is 8.59. The average molecular weight is 378 g/mol. The molecule has 2 nitrogen and oxygen atoms in total. The molecule has 0 unspecified atom stereocenters. The highest BCUT2D eigenvalue weighted by Crippen LogP contribution is 2.18. The van der Waals surface area contributed by atoms with Gasteiger partial charge in [0.15, 0.2) is 11.6 Å². The minimum absolute atomic E-state index is 0.0179. The van der Waals surface area contributed by atoms with Gasteiger partial charge in [0, 0.05) is 28.9 Å². The van der Waals surface area contributed by atoms with Crippen molar-refractivity contribution in [3.8, 4) is 0 Å². The fourth-order valence-corrected chi connectivity index (χ4v) is 3.33. The molecule has 0 saturated carbocycles. The molecule has 0 aliphatic carbocycles. The maximum Gasteiger partial charge on any atom is 0.167 e. The van der Waals surface area contributed by atoms with Crippen molar-refractivity contribution in [2.75, 3.05) is 6.26 Å². The molecule has 136 valence electrons. The van der Waals surface area contributed by atoms with Gasteiger partial charge in [-0.2, -0.15) is 0 Å². The average Bonchev–Trinajstić information content (AvgIpc) is 2.68. The molecule has 0 spiro atoms. The number of hydrogen-bond acceptors (Lipinski definition) is 3. The van der Waals surface area contributed by atoms with E-state index in [1.54, 1.807) is 30.0 Å². The molecular weight excluding hydrogens is 359 g/mol. The molecular formula is C23H19FO2S. The lowest BCUT2D eigenvalue weighted by molar-refractivity contribution is 0.0981. The van der Waals surface area contributed by atoms with Gasteiger partial charge in [0.25, 0.3) is 0 Å². The van der Waals surface area contributed by atoms with Crippen molar-refractivity contribution in [3.63, 3.8) is 0 Å². The fraction of sp³-hybridized carbons (Fsp3) is 0.130. The molecule has 0 saturated heterocycles. The third-order valence-corrected chi connectivity index (χ3v) is 5.00. The van der Waals surface area contributed by atoms with E-state index in [9.17, 15) is 14.0 Å². The minimum atomic E-state index is -0.371. The number of hydrogen-bond donors (Lipinski definition) is 0. The van der Waals surface area contributed by atoms with E-state index in [1.807, 2.05) is 36.6 Å². The SMILES string of the molecule is CSc1cccc(CC(=O)c2cccc(CC(=O)c3ccc(F)cc3)c2)c1. The molecule has 0 atom stereocenters. The molecule has 3 aromatic carbocycles. The zero-order chi connectivity index (χ0) is 19.2. The highest BCUT2D eigenvalue weighted by molar-refractivity contribution is 7.98. The number of rotatable bonds is 7. The Morgan fingerprint density at radius 3 is 2.04 bits per heavy atom. The molecule has 0 heterocycles. The molecule has 4 heteroatoms. The molecule has 0 aliphatic rings. The Bertz CT molecular complexity index is 964. The van der Waals surface area contributed by atoms with Crippen molar-refractivity contribution >= 4 is 23.3 Å². The van der Waals surface area contributed by atoms with Gasteiger partial charge in [-0.05, 0) is 59.8 Å². The zero-order valence-corrected chi connectivity index (χ0v) is 15.8. The fourth-order valence-electron chi connectivity index (χ4n) is 2.85. The van der Waals surface area contributed by atoms with Crippen LogP contribution in [0.1, 0.15) is 31.8 Å². The lowest BCUT2D eigenvalue weighted by Crippen LogP contribution is -2.07. The summed E-state index contributed by atoms with van der Waals surface area (Å²) in [6, 6.07) is 20.6. The Kier molecular flexibility index (Phi) is 6.20. The summed E-state index contributed by atoms with van der Waals surface area (Å²) in [7, 11) is 0. The topological polar surface area (TPSA) is 34.1 Å². The van der Waals surface area contributed by atoms with E-state index in [0.29, 0.717) is 17.5 Å². The summed E-state index contributed by atoms with van der Waals surface area (Å²) in [5.74, 6) is -0.457. The number of carbonyl (C=O) groups is 2. The molecule has 0 amide bonds. The van der Waals surface area contributed by atoms with Gasteiger partial charge in [-0.3, -0.25) is 9.59 Å². The molecule has 3 rings (SSSR count). The second-order valence-corrected chi connectivity index (χ2v) is 7.14. The Morgan fingerprint density at radius 1 is 0.778 bits per heavy atom. The largest absolute Gasteiger partial charge is 0.294 e. The quantitative estimate of drug-likeness (QED) is 0.408. The second kappa shape index (κ2) is 8.78. The highest BCUT2D eigenvalue weighted by atomic mass is 32.2. The van der Waals surface area contributed by atoms with E-state index in [2.05, 4.69) is 0 Å². The van der Waals surface area contributed by atoms with Crippen molar-refractivity contribution in [1.29, 1.82) is 0 Å². The summed E-state index contributed by atoms with van der Waals surface area (Å²) < 4.78 is 13.0. The van der Waals surface area contributed by atoms with Crippen LogP contribution in [0.5, 0.6) is 0 Å². The van der Waals surface area contributed by atoms with Crippen LogP contribution < -0.4 is 0 Å². The van der Waals surface area contributed by atoms with Crippen LogP contribution in [0.4, 0.5) is 4.39 Å². The normalized spacial score (nSPS) is 10.6. The number of thioether (sulfide) groups is 1. The van der Waals surface area contributed by atoms with Crippen LogP contribution in [0.3, 0.4) is 0 Å². The molecule has 0 aromatic heterocycles. The van der Waals surface area contributed by atoms with Gasteiger partial charge in [0.2, 0.25) is 0 Å². The maximum absolute atomic E-state index is 13.0. The first-order chi connectivity index (χ1) is 13.0. The monoisotopic (exact) mass is 378 g/mol. The van der Waals surface area contributed by atoms with Crippen molar-refractivity contribution in [2.24, 2.45) is 0 Å². The van der Waals surface area contributed by atoms with Gasteiger partial charge in [-0.25, -0.2) is 4.39 Å². The summed E-state index contributed by atoms with van der Waals surface area (Å²) in [5, 5.41) is 0. The predicted molar refractivity (Wildman–Crippen MR) is 107 cm³/mol. The highest BCUT2D eigenvalue weighted by Gasteiger charge is 2.11. The van der Waals surface area contributed by atoms with E-state index in [0.717, 1.165) is 16.0 Å².